The number of esters is 1. The van der Waals surface area contributed by atoms with E-state index in [0.29, 0.717) is 54.2 Å². The number of hydrogen-bond donors (Lipinski definition) is 2. The van der Waals surface area contributed by atoms with Crippen LogP contribution in [0.5, 0.6) is 11.5 Å². The average Bonchev–Trinajstić information content (AvgIpc) is 3.37. The van der Waals surface area contributed by atoms with Crippen molar-refractivity contribution in [2.75, 3.05) is 64.2 Å². The van der Waals surface area contributed by atoms with Crippen molar-refractivity contribution in [2.45, 2.75) is 51.0 Å². The highest BCUT2D eigenvalue weighted by atomic mass is 16.6. The minimum atomic E-state index is -1.22. The van der Waals surface area contributed by atoms with E-state index in [1.54, 1.807) is 12.1 Å². The lowest BCUT2D eigenvalue weighted by molar-refractivity contribution is -0.134. The highest BCUT2D eigenvalue weighted by Crippen LogP contribution is 2.57. The first-order valence-electron chi connectivity index (χ1n) is 16.8. The minimum Gasteiger partial charge on any atom is -0.456 e. The third-order valence-electron chi connectivity index (χ3n) is 10.1. The Kier molecular flexibility index (Phi) is 9.13. The summed E-state index contributed by atoms with van der Waals surface area (Å²) in [6.07, 6.45) is 4.46. The number of piperidine rings is 1. The zero-order chi connectivity index (χ0) is 34.2. The standard InChI is InChI=1S/C38H46N4O6/c1-37(24-43)16-19-42(20-17-37)34(44)9-7-6-8-18-39-35(45)25-10-13-29-28(21-25)36(46)48-38(29)30-14-11-26(40(2)3)22-32(30)47-33-23-27(41(4)5)12-15-31(33)38/h10-15,21-23,43H,6-9,16-20,24H2,1-5H3,(H,39,45). The van der Waals surface area contributed by atoms with Gasteiger partial charge in [-0.05, 0) is 67.5 Å². The molecule has 3 aromatic rings. The Morgan fingerprint density at radius 3 is 2.04 bits per heavy atom. The SMILES string of the molecule is CN(C)c1ccc2c(c1)Oc1cc(N(C)C)ccc1C21OC(=O)c2cc(C(=O)NCCCCCC(=O)N3CCC(C)(CO)CC3)ccc21. The quantitative estimate of drug-likeness (QED) is 0.224. The molecule has 0 aromatic heterocycles. The van der Waals surface area contributed by atoms with Crippen LogP contribution in [0.15, 0.2) is 54.6 Å². The number of nitrogens with one attached hydrogen (secondary N) is 1. The van der Waals surface area contributed by atoms with Crippen LogP contribution in [0, 0.1) is 5.41 Å². The summed E-state index contributed by atoms with van der Waals surface area (Å²) < 4.78 is 12.8. The van der Waals surface area contributed by atoms with E-state index in [9.17, 15) is 19.5 Å². The van der Waals surface area contributed by atoms with Gasteiger partial charge in [-0.25, -0.2) is 4.79 Å². The van der Waals surface area contributed by atoms with E-state index in [1.165, 1.54) is 0 Å². The lowest BCUT2D eigenvalue weighted by Gasteiger charge is -2.38. The Labute approximate surface area is 282 Å². The number of carbonyl (C=O) groups is 3. The number of carbonyl (C=O) groups excluding carboxylic acids is 3. The van der Waals surface area contributed by atoms with Gasteiger partial charge in [0.25, 0.3) is 5.91 Å². The van der Waals surface area contributed by atoms with E-state index in [4.69, 9.17) is 9.47 Å². The zero-order valence-electron chi connectivity index (χ0n) is 28.6. The molecule has 0 unspecified atom stereocenters. The first kappa shape index (κ1) is 33.3. The van der Waals surface area contributed by atoms with Crippen molar-refractivity contribution in [3.63, 3.8) is 0 Å². The Morgan fingerprint density at radius 2 is 1.46 bits per heavy atom. The number of likely N-dealkylation sites (tertiary alicyclic amines) is 1. The number of aliphatic hydroxyl groups is 1. The molecule has 1 spiro atoms. The molecule has 0 atom stereocenters. The summed E-state index contributed by atoms with van der Waals surface area (Å²) in [4.78, 5) is 45.3. The topological polar surface area (TPSA) is 112 Å². The van der Waals surface area contributed by atoms with Gasteiger partial charge in [0, 0.05) is 107 Å². The van der Waals surface area contributed by atoms with Gasteiger partial charge >= 0.3 is 5.97 Å². The van der Waals surface area contributed by atoms with Crippen molar-refractivity contribution in [3.05, 3.63) is 82.4 Å². The largest absolute Gasteiger partial charge is 0.456 e. The van der Waals surface area contributed by atoms with Gasteiger partial charge in [-0.2, -0.15) is 0 Å². The normalized spacial score (nSPS) is 16.7. The summed E-state index contributed by atoms with van der Waals surface area (Å²) in [5, 5.41) is 12.5. The lowest BCUT2D eigenvalue weighted by atomic mass is 9.77. The number of nitrogens with zero attached hydrogens (tertiary/aromatic N) is 3. The van der Waals surface area contributed by atoms with E-state index in [-0.39, 0.29) is 23.8 Å². The number of anilines is 2. The van der Waals surface area contributed by atoms with Crippen LogP contribution in [0.3, 0.4) is 0 Å². The second-order valence-corrected chi connectivity index (χ2v) is 14.0. The van der Waals surface area contributed by atoms with Gasteiger partial charge in [0.15, 0.2) is 5.60 Å². The molecule has 254 valence electrons. The molecule has 1 saturated heterocycles. The molecule has 0 bridgehead atoms. The van der Waals surface area contributed by atoms with Crippen LogP contribution >= 0.6 is 0 Å². The second-order valence-electron chi connectivity index (χ2n) is 14.0. The molecule has 1 fully saturated rings. The van der Waals surface area contributed by atoms with Crippen molar-refractivity contribution in [1.29, 1.82) is 0 Å². The maximum absolute atomic E-state index is 13.6. The van der Waals surface area contributed by atoms with Gasteiger partial charge < -0.3 is 34.6 Å². The number of aliphatic hydroxyl groups excluding tert-OH is 1. The smallest absolute Gasteiger partial charge is 0.340 e. The number of hydrogen-bond acceptors (Lipinski definition) is 8. The highest BCUT2D eigenvalue weighted by Gasteiger charge is 2.53. The number of benzene rings is 3. The fraction of sp³-hybridized carbons (Fsp3) is 0.447. The van der Waals surface area contributed by atoms with Crippen LogP contribution in [0.1, 0.15) is 82.9 Å². The number of unbranched alkanes of at least 4 members (excludes halogenated alkanes) is 2. The molecule has 3 heterocycles. The summed E-state index contributed by atoms with van der Waals surface area (Å²) in [5.74, 6) is 0.616. The summed E-state index contributed by atoms with van der Waals surface area (Å²) in [6.45, 7) is 4.09. The summed E-state index contributed by atoms with van der Waals surface area (Å²) >= 11 is 0. The molecule has 0 radical (unpaired) electrons. The van der Waals surface area contributed by atoms with Crippen LogP contribution in [-0.2, 0) is 15.1 Å². The Balaban J connectivity index is 1.14. The molecule has 10 nitrogen and oxygen atoms in total. The van der Waals surface area contributed by atoms with Crippen molar-refractivity contribution in [2.24, 2.45) is 5.41 Å². The monoisotopic (exact) mass is 654 g/mol. The first-order valence-corrected chi connectivity index (χ1v) is 16.8. The minimum absolute atomic E-state index is 0.0794. The van der Waals surface area contributed by atoms with E-state index >= 15 is 0 Å². The maximum atomic E-state index is 13.6. The van der Waals surface area contributed by atoms with Gasteiger partial charge in [-0.3, -0.25) is 9.59 Å². The Morgan fingerprint density at radius 1 is 0.854 bits per heavy atom. The number of fused-ring (bicyclic) bond motifs is 6. The van der Waals surface area contributed by atoms with E-state index < -0.39 is 11.6 Å². The fourth-order valence-electron chi connectivity index (χ4n) is 6.90. The first-order chi connectivity index (χ1) is 23.0. The second kappa shape index (κ2) is 13.1. The molecule has 0 aliphatic carbocycles. The third kappa shape index (κ3) is 6.09. The predicted octanol–water partition coefficient (Wildman–Crippen LogP) is 5.30. The van der Waals surface area contributed by atoms with Crippen molar-refractivity contribution >= 4 is 29.2 Å². The molecule has 2 amide bonds. The van der Waals surface area contributed by atoms with Crippen LogP contribution in [0.4, 0.5) is 11.4 Å². The van der Waals surface area contributed by atoms with E-state index in [2.05, 4.69) is 12.2 Å². The molecule has 3 aliphatic rings. The third-order valence-corrected chi connectivity index (χ3v) is 10.1. The molecule has 2 N–H and O–H groups in total. The Hall–Kier alpha value is -4.57. The van der Waals surface area contributed by atoms with Gasteiger partial charge in [0.1, 0.15) is 11.5 Å². The molecule has 3 aromatic carbocycles. The predicted molar refractivity (Wildman–Crippen MR) is 185 cm³/mol. The van der Waals surface area contributed by atoms with Crippen LogP contribution in [-0.4, -0.2) is 82.2 Å². The van der Waals surface area contributed by atoms with E-state index in [1.807, 2.05) is 85.4 Å². The van der Waals surface area contributed by atoms with Gasteiger partial charge in [-0.15, -0.1) is 0 Å². The molecule has 3 aliphatic heterocycles. The molecular formula is C38H46N4O6. The van der Waals surface area contributed by atoms with Crippen LogP contribution in [0.2, 0.25) is 0 Å². The zero-order valence-corrected chi connectivity index (χ0v) is 28.6. The highest BCUT2D eigenvalue weighted by molar-refractivity contribution is 6.01. The van der Waals surface area contributed by atoms with E-state index in [0.717, 1.165) is 54.6 Å². The molecule has 10 heteroatoms. The fourth-order valence-corrected chi connectivity index (χ4v) is 6.90. The van der Waals surface area contributed by atoms with Crippen molar-refractivity contribution in [1.82, 2.24) is 10.2 Å². The summed E-state index contributed by atoms with van der Waals surface area (Å²) in [5.41, 5.74) is 3.47. The number of ether oxygens (including phenoxy) is 2. The average molecular weight is 655 g/mol. The summed E-state index contributed by atoms with van der Waals surface area (Å²) in [7, 11) is 7.84. The number of amides is 2. The van der Waals surface area contributed by atoms with Crippen LogP contribution < -0.4 is 19.9 Å². The summed E-state index contributed by atoms with van der Waals surface area (Å²) in [6, 6.07) is 16.9. The molecule has 6 rings (SSSR count). The molecular weight excluding hydrogens is 608 g/mol. The maximum Gasteiger partial charge on any atom is 0.340 e. The van der Waals surface area contributed by atoms with Crippen LogP contribution in [0.25, 0.3) is 0 Å². The lowest BCUT2D eigenvalue weighted by Crippen LogP contribution is -2.43. The van der Waals surface area contributed by atoms with Gasteiger partial charge in [-0.1, -0.05) is 19.4 Å². The van der Waals surface area contributed by atoms with Crippen molar-refractivity contribution in [3.8, 4) is 11.5 Å². The van der Waals surface area contributed by atoms with Crippen molar-refractivity contribution < 1.29 is 29.0 Å². The molecule has 0 saturated carbocycles. The number of rotatable bonds is 10. The Bertz CT molecular complexity index is 1670. The van der Waals surface area contributed by atoms with Gasteiger partial charge in [0.05, 0.1) is 5.56 Å². The van der Waals surface area contributed by atoms with Gasteiger partial charge in [0.2, 0.25) is 5.91 Å². The molecule has 48 heavy (non-hydrogen) atoms.